The van der Waals surface area contributed by atoms with Gasteiger partial charge in [-0.1, -0.05) is 12.6 Å². The van der Waals surface area contributed by atoms with Crippen LogP contribution in [-0.2, 0) is 0 Å². The van der Waals surface area contributed by atoms with Crippen molar-refractivity contribution in [1.29, 1.82) is 0 Å². The Bertz CT molecular complexity index is 395. The van der Waals surface area contributed by atoms with Gasteiger partial charge in [-0.25, -0.2) is 0 Å². The van der Waals surface area contributed by atoms with Crippen LogP contribution in [0.25, 0.3) is 0 Å². The summed E-state index contributed by atoms with van der Waals surface area (Å²) in [6.45, 7) is 0. The molecule has 0 saturated heterocycles. The van der Waals surface area contributed by atoms with E-state index in [-0.39, 0.29) is 0 Å². The fourth-order valence-corrected chi connectivity index (χ4v) is 1.34. The zero-order valence-electron chi connectivity index (χ0n) is 9.74. The van der Waals surface area contributed by atoms with Gasteiger partial charge in [0.1, 0.15) is 0 Å². The van der Waals surface area contributed by atoms with Crippen molar-refractivity contribution in [1.82, 2.24) is 0 Å². The van der Waals surface area contributed by atoms with E-state index in [1.54, 1.807) is 0 Å². The van der Waals surface area contributed by atoms with Crippen LogP contribution in [0, 0.1) is 0 Å². The molecule has 0 aromatic rings. The monoisotopic (exact) mass is 379 g/mol. The summed E-state index contributed by atoms with van der Waals surface area (Å²) in [5.41, 5.74) is 0. The van der Waals surface area contributed by atoms with Gasteiger partial charge in [0, 0.05) is 12.2 Å². The van der Waals surface area contributed by atoms with Crippen molar-refractivity contribution in [2.45, 2.75) is 42.2 Å². The minimum Gasteiger partial charge on any atom is -0.200 e. The van der Waals surface area contributed by atoms with E-state index in [0.717, 1.165) is 0 Å². The average Bonchev–Trinajstić information content (AvgIpc) is 2.26. The fraction of sp³-hybridized carbons (Fsp3) is 1.00. The molecular weight excluding hydrogens is 375 g/mol. The topological polar surface area (TPSA) is 0 Å². The van der Waals surface area contributed by atoms with Gasteiger partial charge >= 0.3 is 35.8 Å². The molecule has 0 N–H and O–H groups in total. The summed E-state index contributed by atoms with van der Waals surface area (Å²) in [7, 11) is 0. The second-order valence-corrected chi connectivity index (χ2v) is 4.36. The zero-order valence-corrected chi connectivity index (χ0v) is 10.6. The summed E-state index contributed by atoms with van der Waals surface area (Å²) in [6, 6.07) is 0. The van der Waals surface area contributed by atoms with Crippen molar-refractivity contribution in [2.24, 2.45) is 0 Å². The smallest absolute Gasteiger partial charge is 0.200 e. The summed E-state index contributed by atoms with van der Waals surface area (Å²) in [4.78, 5) is 0. The predicted molar refractivity (Wildman–Crippen MR) is 47.9 cm³/mol. The van der Waals surface area contributed by atoms with Crippen LogP contribution in [0.15, 0.2) is 0 Å². The Kier molecular flexibility index (Phi) is 5.37. The quantitative estimate of drug-likeness (QED) is 0.549. The lowest BCUT2D eigenvalue weighted by Crippen LogP contribution is -2.70. The van der Waals surface area contributed by atoms with Crippen molar-refractivity contribution in [3.63, 3.8) is 0 Å². The van der Waals surface area contributed by atoms with E-state index in [0.29, 0.717) is 0 Å². The Morgan fingerprint density at radius 2 is 0.818 bits per heavy atom. The van der Waals surface area contributed by atoms with E-state index < -0.39 is 48.0 Å². The normalized spacial score (nSPS) is 16.1. The Labute approximate surface area is 119 Å². The molecule has 0 fully saturated rings. The summed E-state index contributed by atoms with van der Waals surface area (Å²) < 4.78 is 162. The Morgan fingerprint density at radius 1 is 0.500 bits per heavy atom. The van der Waals surface area contributed by atoms with Gasteiger partial charge in [-0.05, 0) is 0 Å². The third kappa shape index (κ3) is 2.82. The Balaban J connectivity index is 6.11. The maximum atomic E-state index is 12.9. The third-order valence-corrected chi connectivity index (χ3v) is 2.62. The molecule has 0 bridgehead atoms. The van der Waals surface area contributed by atoms with Gasteiger partial charge in [0.2, 0.25) is 0 Å². The van der Waals surface area contributed by atoms with E-state index in [2.05, 4.69) is 12.6 Å². The first kappa shape index (κ1) is 21.4. The van der Waals surface area contributed by atoms with Crippen LogP contribution in [0.3, 0.4) is 0 Å². The minimum atomic E-state index is -7.84. The van der Waals surface area contributed by atoms with E-state index >= 15 is 0 Å². The SMILES string of the molecule is FC(F)(F)C(F)(F)C(F)(F)C(F)(F)C(F)(F)C(F)(F)CC[S]. The summed E-state index contributed by atoms with van der Waals surface area (Å²) in [5, 5.41) is 0. The zero-order chi connectivity index (χ0) is 18.4. The van der Waals surface area contributed by atoms with Crippen LogP contribution in [0.1, 0.15) is 6.42 Å². The van der Waals surface area contributed by atoms with E-state index in [1.165, 1.54) is 0 Å². The van der Waals surface area contributed by atoms with Gasteiger partial charge in [0.15, 0.2) is 0 Å². The number of halogens is 13. The molecule has 0 unspecified atom stereocenters. The highest BCUT2D eigenvalue weighted by Gasteiger charge is 2.90. The van der Waals surface area contributed by atoms with Crippen molar-refractivity contribution in [3.8, 4) is 0 Å². The van der Waals surface area contributed by atoms with Crippen LogP contribution in [-0.4, -0.2) is 41.5 Å². The first-order valence-electron chi connectivity index (χ1n) is 4.85. The van der Waals surface area contributed by atoms with Crippen molar-refractivity contribution in [3.05, 3.63) is 0 Å². The standard InChI is InChI=1S/C8H4F13S/c9-3(10,1-2-22)4(11,12)5(13,14)6(15,16)7(17,18)8(19,20)21/h1-2H2. The highest BCUT2D eigenvalue weighted by Crippen LogP contribution is 2.60. The van der Waals surface area contributed by atoms with Crippen molar-refractivity contribution in [2.75, 3.05) is 5.75 Å². The van der Waals surface area contributed by atoms with E-state index in [4.69, 9.17) is 0 Å². The van der Waals surface area contributed by atoms with Gasteiger partial charge < -0.3 is 0 Å². The lowest BCUT2D eigenvalue weighted by Gasteiger charge is -2.39. The molecular formula is C8H4F13S. The molecule has 0 heterocycles. The molecule has 0 saturated carbocycles. The first-order chi connectivity index (χ1) is 9.31. The lowest BCUT2D eigenvalue weighted by molar-refractivity contribution is -0.439. The summed E-state index contributed by atoms with van der Waals surface area (Å²) in [6.07, 6.45) is -9.71. The molecule has 133 valence electrons. The molecule has 14 heteroatoms. The molecule has 0 aliphatic carbocycles. The molecule has 0 rings (SSSR count). The molecule has 1 radical (unpaired) electrons. The van der Waals surface area contributed by atoms with E-state index in [9.17, 15) is 57.1 Å². The van der Waals surface area contributed by atoms with Crippen LogP contribution in [0.4, 0.5) is 57.1 Å². The number of hydrogen-bond donors (Lipinski definition) is 0. The maximum Gasteiger partial charge on any atom is 0.460 e. The average molecular weight is 379 g/mol. The molecule has 0 amide bonds. The molecule has 0 spiro atoms. The van der Waals surface area contributed by atoms with Crippen LogP contribution < -0.4 is 0 Å². The highest BCUT2D eigenvalue weighted by atomic mass is 32.1. The van der Waals surface area contributed by atoms with Crippen LogP contribution in [0.2, 0.25) is 0 Å². The second-order valence-electron chi connectivity index (χ2n) is 3.95. The summed E-state index contributed by atoms with van der Waals surface area (Å²) in [5.74, 6) is -37.9. The van der Waals surface area contributed by atoms with Gasteiger partial charge in [-0.15, -0.1) is 0 Å². The molecule has 0 aromatic heterocycles. The summed E-state index contributed by atoms with van der Waals surface area (Å²) >= 11 is 3.74. The van der Waals surface area contributed by atoms with Crippen LogP contribution in [0.5, 0.6) is 0 Å². The Hall–Kier alpha value is -0.560. The van der Waals surface area contributed by atoms with Gasteiger partial charge in [-0.2, -0.15) is 57.1 Å². The minimum absolute atomic E-state index is 1.38. The molecule has 0 aromatic carbocycles. The third-order valence-electron chi connectivity index (χ3n) is 2.41. The van der Waals surface area contributed by atoms with E-state index in [1.807, 2.05) is 0 Å². The second kappa shape index (κ2) is 5.51. The van der Waals surface area contributed by atoms with Gasteiger partial charge in [0.25, 0.3) is 0 Å². The predicted octanol–water partition coefficient (Wildman–Crippen LogP) is 5.31. The Morgan fingerprint density at radius 3 is 1.09 bits per heavy atom. The van der Waals surface area contributed by atoms with Crippen molar-refractivity contribution >= 4 is 12.6 Å². The molecule has 0 nitrogen and oxygen atoms in total. The lowest BCUT2D eigenvalue weighted by atomic mass is 9.93. The van der Waals surface area contributed by atoms with Crippen LogP contribution >= 0.6 is 12.6 Å². The number of alkyl halides is 13. The number of hydrogen-bond acceptors (Lipinski definition) is 0. The van der Waals surface area contributed by atoms with Gasteiger partial charge in [-0.3, -0.25) is 0 Å². The van der Waals surface area contributed by atoms with Gasteiger partial charge in [0.05, 0.1) is 0 Å². The molecule has 0 atom stereocenters. The molecule has 0 aliphatic heterocycles. The fourth-order valence-electron chi connectivity index (χ4n) is 1.09. The largest absolute Gasteiger partial charge is 0.460 e. The first-order valence-corrected chi connectivity index (χ1v) is 5.43. The maximum absolute atomic E-state index is 12.9. The molecule has 0 aliphatic rings. The van der Waals surface area contributed by atoms with Crippen molar-refractivity contribution < 1.29 is 57.1 Å². The highest BCUT2D eigenvalue weighted by molar-refractivity contribution is 7.80. The molecule has 22 heavy (non-hydrogen) atoms. The number of rotatable bonds is 6.